The van der Waals surface area contributed by atoms with Gasteiger partial charge in [-0.1, -0.05) is 52.1 Å². The average Bonchev–Trinajstić information content (AvgIpc) is 2.12. The standard InChI is InChI=1S/C13H18.2CH4/c1-11-9-13(10-11)8-7-12-5-3-2-4-6-12;;/h2-6,11,13H,7-10H2,1H3;2*1H4. The van der Waals surface area contributed by atoms with Crippen LogP contribution in [0.3, 0.4) is 0 Å². The fourth-order valence-electron chi connectivity index (χ4n) is 2.32. The summed E-state index contributed by atoms with van der Waals surface area (Å²) in [5.74, 6) is 2.02. The van der Waals surface area contributed by atoms with E-state index in [-0.39, 0.29) is 14.9 Å². The van der Waals surface area contributed by atoms with E-state index in [0.717, 1.165) is 11.8 Å². The van der Waals surface area contributed by atoms with E-state index in [0.29, 0.717) is 0 Å². The van der Waals surface area contributed by atoms with Crippen LogP contribution in [-0.2, 0) is 6.42 Å². The molecule has 1 fully saturated rings. The molecule has 0 spiro atoms. The van der Waals surface area contributed by atoms with Gasteiger partial charge in [-0.2, -0.15) is 0 Å². The van der Waals surface area contributed by atoms with E-state index in [1.165, 1.54) is 31.2 Å². The van der Waals surface area contributed by atoms with Gasteiger partial charge in [-0.3, -0.25) is 0 Å². The Morgan fingerprint density at radius 2 is 1.67 bits per heavy atom. The van der Waals surface area contributed by atoms with Crippen molar-refractivity contribution in [3.05, 3.63) is 35.9 Å². The first-order valence-corrected chi connectivity index (χ1v) is 5.38. The quantitative estimate of drug-likeness (QED) is 0.657. The molecule has 15 heavy (non-hydrogen) atoms. The summed E-state index contributed by atoms with van der Waals surface area (Å²) >= 11 is 0. The van der Waals surface area contributed by atoms with E-state index in [2.05, 4.69) is 37.3 Å². The Morgan fingerprint density at radius 1 is 1.07 bits per heavy atom. The van der Waals surface area contributed by atoms with Crippen molar-refractivity contribution in [1.29, 1.82) is 0 Å². The molecule has 1 aromatic carbocycles. The smallest absolute Gasteiger partial charge is 0.0276 e. The van der Waals surface area contributed by atoms with Crippen LogP contribution < -0.4 is 0 Å². The first kappa shape index (κ1) is 14.2. The second-order valence-corrected chi connectivity index (χ2v) is 4.47. The highest BCUT2D eigenvalue weighted by molar-refractivity contribution is 5.14. The van der Waals surface area contributed by atoms with Gasteiger partial charge in [0.15, 0.2) is 0 Å². The second-order valence-electron chi connectivity index (χ2n) is 4.47. The predicted molar refractivity (Wildman–Crippen MR) is 70.1 cm³/mol. The van der Waals surface area contributed by atoms with Crippen molar-refractivity contribution in [3.63, 3.8) is 0 Å². The van der Waals surface area contributed by atoms with Crippen LogP contribution in [0.2, 0.25) is 0 Å². The number of hydrogen-bond acceptors (Lipinski definition) is 0. The van der Waals surface area contributed by atoms with E-state index >= 15 is 0 Å². The fraction of sp³-hybridized carbons (Fsp3) is 0.600. The maximum atomic E-state index is 2.36. The van der Waals surface area contributed by atoms with Gasteiger partial charge in [0.25, 0.3) is 0 Å². The van der Waals surface area contributed by atoms with Crippen molar-refractivity contribution in [2.75, 3.05) is 0 Å². The molecule has 0 aromatic heterocycles. The first-order valence-electron chi connectivity index (χ1n) is 5.38. The molecule has 1 saturated carbocycles. The largest absolute Gasteiger partial charge is 0.0776 e. The second kappa shape index (κ2) is 6.66. The number of benzene rings is 1. The highest BCUT2D eigenvalue weighted by Crippen LogP contribution is 2.36. The SMILES string of the molecule is C.C.CC1CC(CCc2ccccc2)C1. The van der Waals surface area contributed by atoms with Gasteiger partial charge in [0.2, 0.25) is 0 Å². The van der Waals surface area contributed by atoms with Crippen LogP contribution >= 0.6 is 0 Å². The van der Waals surface area contributed by atoms with E-state index in [1.54, 1.807) is 0 Å². The zero-order valence-electron chi connectivity index (χ0n) is 8.37. The van der Waals surface area contributed by atoms with Crippen LogP contribution in [0.25, 0.3) is 0 Å². The third-order valence-corrected chi connectivity index (χ3v) is 3.16. The van der Waals surface area contributed by atoms with E-state index < -0.39 is 0 Å². The molecule has 0 N–H and O–H groups in total. The molecule has 1 aliphatic rings. The number of hydrogen-bond donors (Lipinski definition) is 0. The third-order valence-electron chi connectivity index (χ3n) is 3.16. The van der Waals surface area contributed by atoms with Crippen molar-refractivity contribution >= 4 is 0 Å². The Bertz CT molecular complexity index is 244. The molecule has 0 bridgehead atoms. The average molecular weight is 206 g/mol. The van der Waals surface area contributed by atoms with Crippen LogP contribution in [0.4, 0.5) is 0 Å². The Kier molecular flexibility index (Phi) is 6.31. The summed E-state index contributed by atoms with van der Waals surface area (Å²) in [7, 11) is 0. The van der Waals surface area contributed by atoms with Crippen molar-refractivity contribution in [3.8, 4) is 0 Å². The molecule has 2 rings (SSSR count). The minimum absolute atomic E-state index is 0. The van der Waals surface area contributed by atoms with E-state index in [9.17, 15) is 0 Å². The Balaban J connectivity index is 0.000000980. The van der Waals surface area contributed by atoms with Crippen LogP contribution in [0.15, 0.2) is 30.3 Å². The van der Waals surface area contributed by atoms with Gasteiger partial charge < -0.3 is 0 Å². The first-order chi connectivity index (χ1) is 6.34. The summed E-state index contributed by atoms with van der Waals surface area (Å²) in [5.41, 5.74) is 1.50. The molecule has 0 radical (unpaired) electrons. The number of aryl methyl sites for hydroxylation is 1. The number of rotatable bonds is 3. The maximum Gasteiger partial charge on any atom is -0.0276 e. The monoisotopic (exact) mass is 206 g/mol. The van der Waals surface area contributed by atoms with Gasteiger partial charge in [-0.15, -0.1) is 0 Å². The van der Waals surface area contributed by atoms with Crippen molar-refractivity contribution in [2.24, 2.45) is 11.8 Å². The summed E-state index contributed by atoms with van der Waals surface area (Å²) in [6, 6.07) is 10.8. The Labute approximate surface area is 95.7 Å². The maximum absolute atomic E-state index is 2.36. The minimum atomic E-state index is 0. The summed E-state index contributed by atoms with van der Waals surface area (Å²) in [6.07, 6.45) is 5.60. The lowest BCUT2D eigenvalue weighted by Gasteiger charge is -2.32. The lowest BCUT2D eigenvalue weighted by Crippen LogP contribution is -2.21. The molecule has 0 aliphatic heterocycles. The highest BCUT2D eigenvalue weighted by Gasteiger charge is 2.24. The predicted octanol–water partition coefficient (Wildman–Crippen LogP) is 4.94. The van der Waals surface area contributed by atoms with Gasteiger partial charge in [0.1, 0.15) is 0 Å². The molecule has 0 heterocycles. The normalized spacial score (nSPS) is 23.3. The minimum Gasteiger partial charge on any atom is -0.0776 e. The van der Waals surface area contributed by atoms with Crippen molar-refractivity contribution in [2.45, 2.75) is 47.5 Å². The topological polar surface area (TPSA) is 0 Å². The van der Waals surface area contributed by atoms with Crippen LogP contribution in [-0.4, -0.2) is 0 Å². The van der Waals surface area contributed by atoms with Gasteiger partial charge in [0, 0.05) is 0 Å². The zero-order chi connectivity index (χ0) is 9.10. The van der Waals surface area contributed by atoms with Gasteiger partial charge >= 0.3 is 0 Å². The summed E-state index contributed by atoms with van der Waals surface area (Å²) in [5, 5.41) is 0. The third kappa shape index (κ3) is 4.07. The molecule has 0 amide bonds. The molecular formula is C15H26. The van der Waals surface area contributed by atoms with Crippen LogP contribution in [0, 0.1) is 11.8 Å². The lowest BCUT2D eigenvalue weighted by atomic mass is 9.73. The molecule has 0 atom stereocenters. The molecule has 1 aliphatic carbocycles. The van der Waals surface area contributed by atoms with Crippen LogP contribution in [0.1, 0.15) is 46.6 Å². The lowest BCUT2D eigenvalue weighted by molar-refractivity contribution is 0.200. The Morgan fingerprint density at radius 3 is 2.20 bits per heavy atom. The summed E-state index contributed by atoms with van der Waals surface area (Å²) < 4.78 is 0. The van der Waals surface area contributed by atoms with Crippen molar-refractivity contribution < 1.29 is 0 Å². The van der Waals surface area contributed by atoms with E-state index in [4.69, 9.17) is 0 Å². The zero-order valence-corrected chi connectivity index (χ0v) is 8.37. The molecule has 1 aromatic rings. The summed E-state index contributed by atoms with van der Waals surface area (Å²) in [4.78, 5) is 0. The molecular weight excluding hydrogens is 180 g/mol. The van der Waals surface area contributed by atoms with Gasteiger partial charge in [-0.05, 0) is 43.1 Å². The van der Waals surface area contributed by atoms with Gasteiger partial charge in [0.05, 0.1) is 0 Å². The van der Waals surface area contributed by atoms with Crippen LogP contribution in [0.5, 0.6) is 0 Å². The Hall–Kier alpha value is -0.780. The molecule has 0 saturated heterocycles. The fourth-order valence-corrected chi connectivity index (χ4v) is 2.32. The molecule has 0 unspecified atom stereocenters. The molecule has 0 nitrogen and oxygen atoms in total. The molecule has 86 valence electrons. The van der Waals surface area contributed by atoms with E-state index in [1.807, 2.05) is 0 Å². The molecule has 0 heteroatoms. The van der Waals surface area contributed by atoms with Gasteiger partial charge in [-0.25, -0.2) is 0 Å². The van der Waals surface area contributed by atoms with Crippen molar-refractivity contribution in [1.82, 2.24) is 0 Å². The highest BCUT2D eigenvalue weighted by atomic mass is 14.3. The summed E-state index contributed by atoms with van der Waals surface area (Å²) in [6.45, 7) is 2.36.